The molecule has 5 heteroatoms. The van der Waals surface area contributed by atoms with E-state index in [-0.39, 0.29) is 13.2 Å². The Morgan fingerprint density at radius 2 is 1.26 bits per heavy atom. The highest BCUT2D eigenvalue weighted by atomic mass is 16.5. The van der Waals surface area contributed by atoms with Crippen molar-refractivity contribution in [3.05, 3.63) is 56.9 Å². The van der Waals surface area contributed by atoms with Crippen LogP contribution in [0.1, 0.15) is 55.9 Å². The molecule has 0 bridgehead atoms. The number of hydrogen-bond acceptors (Lipinski definition) is 5. The molecule has 27 heavy (non-hydrogen) atoms. The number of aryl methyl sites for hydroxylation is 3. The second-order valence-electron chi connectivity index (χ2n) is 6.89. The van der Waals surface area contributed by atoms with Gasteiger partial charge < -0.3 is 14.8 Å². The normalized spacial score (nSPS) is 14.9. The van der Waals surface area contributed by atoms with Crippen LogP contribution >= 0.6 is 0 Å². The fourth-order valence-corrected chi connectivity index (χ4v) is 3.89. The van der Waals surface area contributed by atoms with Gasteiger partial charge in [-0.3, -0.25) is 0 Å². The Morgan fingerprint density at radius 1 is 0.852 bits per heavy atom. The number of carbonyl (C=O) groups excluding carboxylic acids is 2. The van der Waals surface area contributed by atoms with Gasteiger partial charge in [0.1, 0.15) is 0 Å². The first-order valence-corrected chi connectivity index (χ1v) is 9.33. The summed E-state index contributed by atoms with van der Waals surface area (Å²) >= 11 is 0. The highest BCUT2D eigenvalue weighted by Crippen LogP contribution is 2.42. The standard InChI is InChI=1S/C22H29NO4/c1-8-26-21(24)18-15(6)23-16(7)19(22(25)27-9-2)20(18)17-13(4)10-12(3)11-14(17)5/h10-11,20,23H,8-9H2,1-7H3. The van der Waals surface area contributed by atoms with Gasteiger partial charge in [-0.2, -0.15) is 0 Å². The lowest BCUT2D eigenvalue weighted by atomic mass is 9.76. The average molecular weight is 371 g/mol. The van der Waals surface area contributed by atoms with Gasteiger partial charge >= 0.3 is 11.9 Å². The summed E-state index contributed by atoms with van der Waals surface area (Å²) in [6, 6.07) is 4.14. The van der Waals surface area contributed by atoms with Crippen LogP contribution in [-0.2, 0) is 19.1 Å². The number of benzene rings is 1. The van der Waals surface area contributed by atoms with Gasteiger partial charge in [-0.05, 0) is 65.2 Å². The van der Waals surface area contributed by atoms with Crippen molar-refractivity contribution in [1.29, 1.82) is 0 Å². The molecule has 1 aromatic rings. The summed E-state index contributed by atoms with van der Waals surface area (Å²) in [6.07, 6.45) is 0. The number of allylic oxidation sites excluding steroid dienone is 2. The van der Waals surface area contributed by atoms with Crippen LogP contribution in [0.15, 0.2) is 34.7 Å². The third kappa shape index (κ3) is 4.07. The Labute approximate surface area is 161 Å². The first kappa shape index (κ1) is 20.7. The van der Waals surface area contributed by atoms with Gasteiger partial charge in [0.15, 0.2) is 0 Å². The zero-order valence-electron chi connectivity index (χ0n) is 17.3. The second-order valence-corrected chi connectivity index (χ2v) is 6.89. The molecule has 0 radical (unpaired) electrons. The number of nitrogens with one attached hydrogen (secondary N) is 1. The average Bonchev–Trinajstić information content (AvgIpc) is 2.53. The molecule has 1 heterocycles. The lowest BCUT2D eigenvalue weighted by Gasteiger charge is -2.32. The van der Waals surface area contributed by atoms with Gasteiger partial charge in [-0.15, -0.1) is 0 Å². The molecule has 0 spiro atoms. The minimum Gasteiger partial charge on any atom is -0.463 e. The molecule has 0 amide bonds. The van der Waals surface area contributed by atoms with Gasteiger partial charge in [0, 0.05) is 11.4 Å². The second kappa shape index (κ2) is 8.42. The van der Waals surface area contributed by atoms with Crippen LogP contribution in [0.25, 0.3) is 0 Å². The SMILES string of the molecule is CCOC(=O)C1=C(C)NC(C)=C(C(=O)OCC)C1c1c(C)cc(C)cc1C. The van der Waals surface area contributed by atoms with E-state index >= 15 is 0 Å². The van der Waals surface area contributed by atoms with E-state index in [4.69, 9.17) is 9.47 Å². The van der Waals surface area contributed by atoms with Gasteiger partial charge in [0.05, 0.1) is 30.3 Å². The fraction of sp³-hybridized carbons (Fsp3) is 0.455. The van der Waals surface area contributed by atoms with Crippen molar-refractivity contribution >= 4 is 11.9 Å². The number of rotatable bonds is 5. The minimum absolute atomic E-state index is 0.269. The molecule has 0 aromatic heterocycles. The third-order valence-corrected chi connectivity index (χ3v) is 4.78. The Balaban J connectivity index is 2.77. The summed E-state index contributed by atoms with van der Waals surface area (Å²) in [7, 11) is 0. The molecule has 1 aliphatic heterocycles. The largest absolute Gasteiger partial charge is 0.463 e. The molecular weight excluding hydrogens is 342 g/mol. The molecule has 1 aromatic carbocycles. The van der Waals surface area contributed by atoms with Crippen LogP contribution in [-0.4, -0.2) is 25.2 Å². The first-order chi connectivity index (χ1) is 12.7. The highest BCUT2D eigenvalue weighted by molar-refractivity contribution is 6.00. The lowest BCUT2D eigenvalue weighted by Crippen LogP contribution is -2.33. The predicted octanol–water partition coefficient (Wildman–Crippen LogP) is 3.97. The molecule has 0 saturated heterocycles. The molecule has 1 N–H and O–H groups in total. The van der Waals surface area contributed by atoms with E-state index in [1.165, 1.54) is 0 Å². The van der Waals surface area contributed by atoms with E-state index in [9.17, 15) is 9.59 Å². The van der Waals surface area contributed by atoms with E-state index in [2.05, 4.69) is 17.4 Å². The smallest absolute Gasteiger partial charge is 0.336 e. The quantitative estimate of drug-likeness (QED) is 0.794. The molecule has 0 fully saturated rings. The number of hydrogen-bond donors (Lipinski definition) is 1. The zero-order chi connectivity index (χ0) is 20.3. The Morgan fingerprint density at radius 3 is 1.63 bits per heavy atom. The lowest BCUT2D eigenvalue weighted by molar-refractivity contribution is -0.139. The maximum atomic E-state index is 12.8. The molecule has 0 atom stereocenters. The van der Waals surface area contributed by atoms with Crippen molar-refractivity contribution in [2.75, 3.05) is 13.2 Å². The van der Waals surface area contributed by atoms with Crippen molar-refractivity contribution in [2.45, 2.75) is 54.4 Å². The summed E-state index contributed by atoms with van der Waals surface area (Å²) in [5.74, 6) is -1.35. The van der Waals surface area contributed by atoms with Crippen molar-refractivity contribution in [3.63, 3.8) is 0 Å². The summed E-state index contributed by atoms with van der Waals surface area (Å²) in [4.78, 5) is 25.6. The monoisotopic (exact) mass is 371 g/mol. The molecule has 146 valence electrons. The first-order valence-electron chi connectivity index (χ1n) is 9.33. The van der Waals surface area contributed by atoms with E-state index < -0.39 is 17.9 Å². The molecule has 1 aliphatic rings. The Hall–Kier alpha value is -2.56. The van der Waals surface area contributed by atoms with Gasteiger partial charge in [0.2, 0.25) is 0 Å². The molecular formula is C22H29NO4. The molecule has 5 nitrogen and oxygen atoms in total. The molecule has 0 aliphatic carbocycles. The maximum Gasteiger partial charge on any atom is 0.336 e. The van der Waals surface area contributed by atoms with Crippen LogP contribution < -0.4 is 5.32 Å². The molecule has 0 saturated carbocycles. The third-order valence-electron chi connectivity index (χ3n) is 4.78. The van der Waals surface area contributed by atoms with Crippen molar-refractivity contribution in [3.8, 4) is 0 Å². The number of esters is 2. The van der Waals surface area contributed by atoms with Crippen molar-refractivity contribution < 1.29 is 19.1 Å². The topological polar surface area (TPSA) is 64.6 Å². The minimum atomic E-state index is -0.523. The summed E-state index contributed by atoms with van der Waals surface area (Å²) in [5, 5.41) is 3.17. The zero-order valence-corrected chi connectivity index (χ0v) is 17.3. The summed E-state index contributed by atoms with van der Waals surface area (Å²) < 4.78 is 10.6. The predicted molar refractivity (Wildman–Crippen MR) is 105 cm³/mol. The van der Waals surface area contributed by atoms with Crippen LogP contribution in [0.4, 0.5) is 0 Å². The van der Waals surface area contributed by atoms with Crippen LogP contribution in [0, 0.1) is 20.8 Å². The summed E-state index contributed by atoms with van der Waals surface area (Å²) in [6.45, 7) is 13.8. The van der Waals surface area contributed by atoms with Crippen LogP contribution in [0.5, 0.6) is 0 Å². The highest BCUT2D eigenvalue weighted by Gasteiger charge is 2.39. The van der Waals surface area contributed by atoms with Gasteiger partial charge in [-0.1, -0.05) is 17.7 Å². The molecule has 2 rings (SSSR count). The number of carbonyl (C=O) groups is 2. The van der Waals surface area contributed by atoms with Gasteiger partial charge in [0.25, 0.3) is 0 Å². The van der Waals surface area contributed by atoms with Crippen LogP contribution in [0.3, 0.4) is 0 Å². The Bertz CT molecular complexity index is 770. The summed E-state index contributed by atoms with van der Waals surface area (Å²) in [5.41, 5.74) is 6.46. The van der Waals surface area contributed by atoms with Crippen molar-refractivity contribution in [1.82, 2.24) is 5.32 Å². The van der Waals surface area contributed by atoms with E-state index in [0.717, 1.165) is 22.3 Å². The Kier molecular flexibility index (Phi) is 6.47. The van der Waals surface area contributed by atoms with Gasteiger partial charge in [-0.25, -0.2) is 9.59 Å². The molecule has 0 unspecified atom stereocenters. The maximum absolute atomic E-state index is 12.8. The van der Waals surface area contributed by atoms with Crippen molar-refractivity contribution in [2.24, 2.45) is 0 Å². The van der Waals surface area contributed by atoms with Crippen LogP contribution in [0.2, 0.25) is 0 Å². The number of ether oxygens (including phenoxy) is 2. The number of dihydropyridines is 1. The van der Waals surface area contributed by atoms with E-state index in [1.54, 1.807) is 13.8 Å². The fourth-order valence-electron chi connectivity index (χ4n) is 3.89. The van der Waals surface area contributed by atoms with E-state index in [1.807, 2.05) is 34.6 Å². The van der Waals surface area contributed by atoms with E-state index in [0.29, 0.717) is 22.5 Å².